The highest BCUT2D eigenvalue weighted by Gasteiger charge is 2.30. The minimum Gasteiger partial charge on any atom is -0.465 e. The molecule has 7 heteroatoms. The number of rotatable bonds is 4. The monoisotopic (exact) mass is 360 g/mol. The van der Waals surface area contributed by atoms with Crippen molar-refractivity contribution in [1.82, 2.24) is 10.6 Å². The number of carbonyl (C=O) groups is 1. The number of halogens is 1. The Labute approximate surface area is 153 Å². The average Bonchev–Trinajstić information content (AvgIpc) is 2.63. The molecule has 1 amide bonds. The van der Waals surface area contributed by atoms with Crippen LogP contribution in [0.1, 0.15) is 44.1 Å². The van der Waals surface area contributed by atoms with Crippen LogP contribution >= 0.6 is 0 Å². The lowest BCUT2D eigenvalue weighted by atomic mass is 9.89. The van der Waals surface area contributed by atoms with E-state index in [1.165, 1.54) is 6.07 Å². The highest BCUT2D eigenvalue weighted by atomic mass is 19.1. The van der Waals surface area contributed by atoms with Crippen LogP contribution in [0.25, 0.3) is 0 Å². The van der Waals surface area contributed by atoms with Gasteiger partial charge in [-0.15, -0.1) is 0 Å². The normalized spacial score (nSPS) is 26.2. The number of hydrogen-bond acceptors (Lipinski definition) is 4. The van der Waals surface area contributed by atoms with Crippen molar-refractivity contribution in [1.29, 1.82) is 5.26 Å². The van der Waals surface area contributed by atoms with Gasteiger partial charge in [0, 0.05) is 31.2 Å². The number of nitriles is 1. The van der Waals surface area contributed by atoms with Gasteiger partial charge in [0.25, 0.3) is 0 Å². The first-order valence-electron chi connectivity index (χ1n) is 9.27. The van der Waals surface area contributed by atoms with Crippen molar-refractivity contribution in [2.24, 2.45) is 0 Å². The Balaban J connectivity index is 1.64. The smallest absolute Gasteiger partial charge is 0.404 e. The Morgan fingerprint density at radius 1 is 1.23 bits per heavy atom. The fourth-order valence-corrected chi connectivity index (χ4v) is 4.13. The first kappa shape index (κ1) is 18.5. The average molecular weight is 360 g/mol. The number of hydrogen-bond donors (Lipinski definition) is 3. The van der Waals surface area contributed by atoms with Crippen molar-refractivity contribution in [2.45, 2.75) is 56.7 Å². The van der Waals surface area contributed by atoms with Crippen LogP contribution in [0.4, 0.5) is 14.9 Å². The van der Waals surface area contributed by atoms with Gasteiger partial charge in [0.15, 0.2) is 0 Å². The zero-order valence-corrected chi connectivity index (χ0v) is 14.7. The molecule has 0 spiro atoms. The van der Waals surface area contributed by atoms with E-state index in [1.54, 1.807) is 12.1 Å². The predicted octanol–water partition coefficient (Wildman–Crippen LogP) is 2.83. The molecule has 0 aromatic heterocycles. The highest BCUT2D eigenvalue weighted by molar-refractivity contribution is 5.65. The van der Waals surface area contributed by atoms with Crippen LogP contribution in [-0.4, -0.2) is 42.4 Å². The summed E-state index contributed by atoms with van der Waals surface area (Å²) >= 11 is 0. The molecule has 1 aromatic carbocycles. The lowest BCUT2D eigenvalue weighted by Crippen LogP contribution is -2.57. The summed E-state index contributed by atoms with van der Waals surface area (Å²) in [6.07, 6.45) is 4.89. The molecule has 2 fully saturated rings. The Morgan fingerprint density at radius 3 is 2.69 bits per heavy atom. The predicted molar refractivity (Wildman–Crippen MR) is 96.7 cm³/mol. The summed E-state index contributed by atoms with van der Waals surface area (Å²) in [7, 11) is 0. The van der Waals surface area contributed by atoms with Crippen LogP contribution in [0.5, 0.6) is 0 Å². The van der Waals surface area contributed by atoms with E-state index in [9.17, 15) is 9.18 Å². The number of benzene rings is 1. The third kappa shape index (κ3) is 4.44. The van der Waals surface area contributed by atoms with Gasteiger partial charge in [-0.1, -0.05) is 12.8 Å². The van der Waals surface area contributed by atoms with Crippen LogP contribution in [-0.2, 0) is 0 Å². The van der Waals surface area contributed by atoms with Crippen molar-refractivity contribution in [3.63, 3.8) is 0 Å². The quantitative estimate of drug-likeness (QED) is 0.768. The molecular weight excluding hydrogens is 335 g/mol. The summed E-state index contributed by atoms with van der Waals surface area (Å²) in [6, 6.07) is 6.80. The van der Waals surface area contributed by atoms with E-state index in [2.05, 4.69) is 10.6 Å². The molecule has 3 atom stereocenters. The molecule has 1 aromatic rings. The highest BCUT2D eigenvalue weighted by Crippen LogP contribution is 2.26. The largest absolute Gasteiger partial charge is 0.465 e. The van der Waals surface area contributed by atoms with Gasteiger partial charge >= 0.3 is 6.09 Å². The molecule has 1 aliphatic carbocycles. The van der Waals surface area contributed by atoms with Crippen LogP contribution in [0.3, 0.4) is 0 Å². The molecule has 3 N–H and O–H groups in total. The maximum absolute atomic E-state index is 14.3. The molecule has 0 bridgehead atoms. The summed E-state index contributed by atoms with van der Waals surface area (Å²) < 4.78 is 14.3. The zero-order valence-electron chi connectivity index (χ0n) is 14.7. The summed E-state index contributed by atoms with van der Waals surface area (Å²) in [5, 5.41) is 24.2. The number of anilines is 1. The molecule has 1 aliphatic heterocycles. The maximum Gasteiger partial charge on any atom is 0.404 e. The Morgan fingerprint density at radius 2 is 2.00 bits per heavy atom. The number of amides is 1. The fraction of sp³-hybridized carbons (Fsp3) is 0.579. The van der Waals surface area contributed by atoms with Crippen molar-refractivity contribution < 1.29 is 14.3 Å². The molecule has 26 heavy (non-hydrogen) atoms. The molecular formula is C19H25FN4O2. The molecule has 3 unspecified atom stereocenters. The van der Waals surface area contributed by atoms with E-state index >= 15 is 0 Å². The molecule has 3 rings (SSSR count). The Bertz CT molecular complexity index is 691. The van der Waals surface area contributed by atoms with Gasteiger partial charge in [-0.05, 0) is 43.9 Å². The second-order valence-electron chi connectivity index (χ2n) is 7.18. The third-order valence-electron chi connectivity index (χ3n) is 5.36. The molecule has 2 aliphatic rings. The minimum absolute atomic E-state index is 0.0664. The summed E-state index contributed by atoms with van der Waals surface area (Å²) in [4.78, 5) is 13.0. The van der Waals surface area contributed by atoms with E-state index in [-0.39, 0.29) is 23.9 Å². The third-order valence-corrected chi connectivity index (χ3v) is 5.36. The first-order chi connectivity index (χ1) is 12.6. The van der Waals surface area contributed by atoms with Gasteiger partial charge in [0.2, 0.25) is 0 Å². The second-order valence-corrected chi connectivity index (χ2v) is 7.18. The van der Waals surface area contributed by atoms with Crippen molar-refractivity contribution in [2.75, 3.05) is 18.0 Å². The van der Waals surface area contributed by atoms with Crippen LogP contribution < -0.4 is 15.5 Å². The number of nitrogens with zero attached hydrogens (tertiary/aromatic N) is 2. The van der Waals surface area contributed by atoms with Gasteiger partial charge in [0.1, 0.15) is 5.82 Å². The van der Waals surface area contributed by atoms with E-state index in [1.807, 2.05) is 11.0 Å². The molecule has 1 heterocycles. The van der Waals surface area contributed by atoms with E-state index < -0.39 is 6.09 Å². The van der Waals surface area contributed by atoms with Crippen LogP contribution in [0.2, 0.25) is 0 Å². The number of nitrogens with one attached hydrogen (secondary N) is 2. The van der Waals surface area contributed by atoms with Gasteiger partial charge in [0.05, 0.1) is 17.3 Å². The summed E-state index contributed by atoms with van der Waals surface area (Å²) in [5.41, 5.74) is 0.849. The maximum atomic E-state index is 14.3. The summed E-state index contributed by atoms with van der Waals surface area (Å²) in [6.45, 7) is 1.46. The fourth-order valence-electron chi connectivity index (χ4n) is 4.13. The van der Waals surface area contributed by atoms with Gasteiger partial charge in [-0.2, -0.15) is 5.26 Å². The van der Waals surface area contributed by atoms with E-state index in [0.29, 0.717) is 17.8 Å². The number of carboxylic acid groups (broad SMARTS) is 1. The van der Waals surface area contributed by atoms with Gasteiger partial charge < -0.3 is 20.6 Å². The summed E-state index contributed by atoms with van der Waals surface area (Å²) in [5.74, 6) is -0.368. The van der Waals surface area contributed by atoms with Gasteiger partial charge in [-0.3, -0.25) is 0 Å². The van der Waals surface area contributed by atoms with Crippen molar-refractivity contribution in [3.8, 4) is 6.07 Å². The first-order valence-corrected chi connectivity index (χ1v) is 9.27. The topological polar surface area (TPSA) is 88.4 Å². The van der Waals surface area contributed by atoms with E-state index in [0.717, 1.165) is 45.1 Å². The standard InChI is InChI=1S/C19H25FN4O2/c20-15-10-13(11-21)7-8-18(15)24-9-3-4-14(12-24)22-16-5-1-2-6-17(16)23-19(25)26/h7-8,10,14,16-17,22-23H,1-6,9,12H2,(H,25,26). The Kier molecular flexibility index (Phi) is 5.94. The van der Waals surface area contributed by atoms with Crippen molar-refractivity contribution in [3.05, 3.63) is 29.6 Å². The SMILES string of the molecule is N#Cc1ccc(N2CCCC(NC3CCCCC3NC(=O)O)C2)c(F)c1. The second kappa shape index (κ2) is 8.37. The zero-order chi connectivity index (χ0) is 18.5. The molecule has 1 saturated heterocycles. The Hall–Kier alpha value is -2.33. The molecule has 140 valence electrons. The number of piperidine rings is 1. The lowest BCUT2D eigenvalue weighted by Gasteiger charge is -2.40. The van der Waals surface area contributed by atoms with Crippen molar-refractivity contribution >= 4 is 11.8 Å². The molecule has 1 saturated carbocycles. The van der Waals surface area contributed by atoms with Gasteiger partial charge in [-0.25, -0.2) is 9.18 Å². The lowest BCUT2D eigenvalue weighted by molar-refractivity contribution is 0.176. The minimum atomic E-state index is -0.978. The molecule has 6 nitrogen and oxygen atoms in total. The van der Waals surface area contributed by atoms with Crippen LogP contribution in [0, 0.1) is 17.1 Å². The van der Waals surface area contributed by atoms with Crippen LogP contribution in [0.15, 0.2) is 18.2 Å². The van der Waals surface area contributed by atoms with E-state index in [4.69, 9.17) is 10.4 Å². The molecule has 0 radical (unpaired) electrons.